The third kappa shape index (κ3) is 2.23. The van der Waals surface area contributed by atoms with Crippen LogP contribution in [0.1, 0.15) is 0 Å². The van der Waals surface area contributed by atoms with Gasteiger partial charge in [0, 0.05) is 12.3 Å². The van der Waals surface area contributed by atoms with Gasteiger partial charge in [0.2, 0.25) is 0 Å². The minimum Gasteiger partial charge on any atom is -0.508 e. The zero-order chi connectivity index (χ0) is 13.2. The average Bonchev–Trinajstić information content (AvgIpc) is 2.39. The second-order valence-corrected chi connectivity index (χ2v) is 3.86. The molecule has 0 fully saturated rings. The molecule has 3 rings (SSSR count). The summed E-state index contributed by atoms with van der Waals surface area (Å²) >= 11 is 0. The Bertz CT molecular complexity index is 798. The molecule has 19 heavy (non-hydrogen) atoms. The van der Waals surface area contributed by atoms with Crippen LogP contribution in [-0.2, 0) is 0 Å². The monoisotopic (exact) mass is 255 g/mol. The molecule has 2 heterocycles. The van der Waals surface area contributed by atoms with Gasteiger partial charge in [-0.1, -0.05) is 6.07 Å². The number of ether oxygens (including phenoxy) is 1. The number of pyridine rings is 1. The lowest BCUT2D eigenvalue weighted by Crippen LogP contribution is -2.09. The standard InChI is InChI=1S/C13H9N3O3/c17-8-2-1-3-9(6-8)19-13-15-11-7-14-5-4-10(11)12(18)16-13/h1-7,17H,(H,15,16,18). The van der Waals surface area contributed by atoms with Crippen LogP contribution in [0.2, 0.25) is 0 Å². The maximum atomic E-state index is 11.8. The van der Waals surface area contributed by atoms with Crippen LogP contribution in [0.3, 0.4) is 0 Å². The molecule has 0 saturated heterocycles. The number of nitrogens with zero attached hydrogens (tertiary/aromatic N) is 2. The summed E-state index contributed by atoms with van der Waals surface area (Å²) in [5.74, 6) is 0.452. The maximum Gasteiger partial charge on any atom is 0.302 e. The topological polar surface area (TPSA) is 88.1 Å². The molecular formula is C13H9N3O3. The number of aromatic hydroxyl groups is 1. The van der Waals surface area contributed by atoms with E-state index in [0.717, 1.165) is 0 Å². The number of hydrogen-bond acceptors (Lipinski definition) is 5. The van der Waals surface area contributed by atoms with Crippen LogP contribution < -0.4 is 10.3 Å². The number of benzene rings is 1. The van der Waals surface area contributed by atoms with Crippen molar-refractivity contribution < 1.29 is 9.84 Å². The molecule has 1 aromatic carbocycles. The van der Waals surface area contributed by atoms with Gasteiger partial charge in [-0.25, -0.2) is 0 Å². The molecule has 2 aromatic heterocycles. The van der Waals surface area contributed by atoms with E-state index < -0.39 is 0 Å². The fraction of sp³-hybridized carbons (Fsp3) is 0. The SMILES string of the molecule is O=c1[nH]c(Oc2cccc(O)c2)nc2cnccc12. The van der Waals surface area contributed by atoms with Gasteiger partial charge >= 0.3 is 6.01 Å². The van der Waals surface area contributed by atoms with Gasteiger partial charge in [0.15, 0.2) is 0 Å². The van der Waals surface area contributed by atoms with Gasteiger partial charge in [0.05, 0.1) is 17.1 Å². The molecule has 2 N–H and O–H groups in total. The van der Waals surface area contributed by atoms with Crippen LogP contribution >= 0.6 is 0 Å². The van der Waals surface area contributed by atoms with Crippen molar-refractivity contribution in [3.63, 3.8) is 0 Å². The summed E-state index contributed by atoms with van der Waals surface area (Å²) in [5.41, 5.74) is 0.143. The first-order valence-electron chi connectivity index (χ1n) is 5.53. The summed E-state index contributed by atoms with van der Waals surface area (Å²) in [5, 5.41) is 9.78. The van der Waals surface area contributed by atoms with E-state index in [9.17, 15) is 9.90 Å². The number of nitrogens with one attached hydrogen (secondary N) is 1. The van der Waals surface area contributed by atoms with Gasteiger partial charge in [-0.3, -0.25) is 14.8 Å². The first-order chi connectivity index (χ1) is 9.22. The highest BCUT2D eigenvalue weighted by atomic mass is 16.5. The highest BCUT2D eigenvalue weighted by molar-refractivity contribution is 5.76. The van der Waals surface area contributed by atoms with Gasteiger partial charge in [0.25, 0.3) is 5.56 Å². The molecule has 0 radical (unpaired) electrons. The Hall–Kier alpha value is -2.89. The molecule has 0 aliphatic carbocycles. The summed E-state index contributed by atoms with van der Waals surface area (Å²) in [7, 11) is 0. The molecule has 0 saturated carbocycles. The zero-order valence-electron chi connectivity index (χ0n) is 9.70. The Kier molecular flexibility index (Phi) is 2.60. The summed E-state index contributed by atoms with van der Waals surface area (Å²) in [6.45, 7) is 0. The molecule has 0 amide bonds. The average molecular weight is 255 g/mol. The van der Waals surface area contributed by atoms with Crippen LogP contribution in [-0.4, -0.2) is 20.1 Å². The first kappa shape index (κ1) is 11.2. The van der Waals surface area contributed by atoms with E-state index in [-0.39, 0.29) is 17.3 Å². The highest BCUT2D eigenvalue weighted by Crippen LogP contribution is 2.22. The van der Waals surface area contributed by atoms with Crippen molar-refractivity contribution in [3.05, 3.63) is 53.1 Å². The Morgan fingerprint density at radius 2 is 2.16 bits per heavy atom. The Balaban J connectivity index is 2.04. The largest absolute Gasteiger partial charge is 0.508 e. The van der Waals surface area contributed by atoms with Gasteiger partial charge in [-0.15, -0.1) is 0 Å². The summed E-state index contributed by atoms with van der Waals surface area (Å²) in [6, 6.07) is 7.86. The van der Waals surface area contributed by atoms with E-state index in [2.05, 4.69) is 15.0 Å². The molecule has 94 valence electrons. The Morgan fingerprint density at radius 1 is 1.26 bits per heavy atom. The highest BCUT2D eigenvalue weighted by Gasteiger charge is 2.05. The van der Waals surface area contributed by atoms with E-state index >= 15 is 0 Å². The third-order valence-corrected chi connectivity index (χ3v) is 2.52. The minimum atomic E-state index is -0.303. The minimum absolute atomic E-state index is 0.0519. The lowest BCUT2D eigenvalue weighted by atomic mass is 10.3. The molecule has 6 nitrogen and oxygen atoms in total. The predicted octanol–water partition coefficient (Wildman–Crippen LogP) is 1.82. The number of aromatic nitrogens is 3. The van der Waals surface area contributed by atoms with Crippen LogP contribution in [0.15, 0.2) is 47.5 Å². The third-order valence-electron chi connectivity index (χ3n) is 2.52. The molecule has 0 aliphatic heterocycles. The number of phenols is 1. The Labute approximate surface area is 107 Å². The van der Waals surface area contributed by atoms with Gasteiger partial charge in [0.1, 0.15) is 11.5 Å². The van der Waals surface area contributed by atoms with Crippen molar-refractivity contribution in [2.24, 2.45) is 0 Å². The van der Waals surface area contributed by atoms with Crippen LogP contribution in [0.4, 0.5) is 0 Å². The van der Waals surface area contributed by atoms with Crippen LogP contribution in [0.5, 0.6) is 17.5 Å². The van der Waals surface area contributed by atoms with E-state index in [1.54, 1.807) is 18.2 Å². The summed E-state index contributed by atoms with van der Waals surface area (Å²) in [6.07, 6.45) is 3.01. The maximum absolute atomic E-state index is 11.8. The van der Waals surface area contributed by atoms with Crippen molar-refractivity contribution in [1.29, 1.82) is 0 Å². The fourth-order valence-electron chi connectivity index (χ4n) is 1.68. The molecule has 0 bridgehead atoms. The van der Waals surface area contributed by atoms with Gasteiger partial charge < -0.3 is 9.84 Å². The molecule has 0 aliphatic rings. The predicted molar refractivity (Wildman–Crippen MR) is 68.3 cm³/mol. The number of hydrogen-bond donors (Lipinski definition) is 2. The zero-order valence-corrected chi connectivity index (χ0v) is 9.70. The quantitative estimate of drug-likeness (QED) is 0.729. The van der Waals surface area contributed by atoms with Gasteiger partial charge in [-0.2, -0.15) is 4.98 Å². The molecule has 3 aromatic rings. The van der Waals surface area contributed by atoms with Crippen molar-refractivity contribution >= 4 is 10.9 Å². The van der Waals surface area contributed by atoms with Crippen LogP contribution in [0, 0.1) is 0 Å². The molecular weight excluding hydrogens is 246 g/mol. The van der Waals surface area contributed by atoms with E-state index in [1.807, 2.05) is 0 Å². The molecule has 6 heteroatoms. The number of H-pyrrole nitrogens is 1. The Morgan fingerprint density at radius 3 is 3.00 bits per heavy atom. The molecule has 0 atom stereocenters. The second-order valence-electron chi connectivity index (χ2n) is 3.86. The summed E-state index contributed by atoms with van der Waals surface area (Å²) in [4.78, 5) is 22.4. The normalized spacial score (nSPS) is 10.5. The van der Waals surface area contributed by atoms with Crippen molar-refractivity contribution in [2.75, 3.05) is 0 Å². The van der Waals surface area contributed by atoms with Crippen molar-refractivity contribution in [2.45, 2.75) is 0 Å². The number of fused-ring (bicyclic) bond motifs is 1. The lowest BCUT2D eigenvalue weighted by molar-refractivity contribution is 0.432. The van der Waals surface area contributed by atoms with Gasteiger partial charge in [-0.05, 0) is 18.2 Å². The van der Waals surface area contributed by atoms with Crippen LogP contribution in [0.25, 0.3) is 10.9 Å². The second kappa shape index (κ2) is 4.41. The lowest BCUT2D eigenvalue weighted by Gasteiger charge is -2.05. The first-order valence-corrected chi connectivity index (χ1v) is 5.53. The fourth-order valence-corrected chi connectivity index (χ4v) is 1.68. The van der Waals surface area contributed by atoms with E-state index in [4.69, 9.17) is 4.74 Å². The molecule has 0 spiro atoms. The van der Waals surface area contributed by atoms with Crippen molar-refractivity contribution in [1.82, 2.24) is 15.0 Å². The number of phenolic OH excluding ortho intramolecular Hbond substituents is 1. The summed E-state index contributed by atoms with van der Waals surface area (Å²) < 4.78 is 5.39. The van der Waals surface area contributed by atoms with E-state index in [0.29, 0.717) is 16.7 Å². The number of rotatable bonds is 2. The molecule has 0 unspecified atom stereocenters. The van der Waals surface area contributed by atoms with E-state index in [1.165, 1.54) is 24.5 Å². The number of aromatic amines is 1. The van der Waals surface area contributed by atoms with Crippen molar-refractivity contribution in [3.8, 4) is 17.5 Å². The smallest absolute Gasteiger partial charge is 0.302 e.